The molecule has 1 heterocycles. The van der Waals surface area contributed by atoms with E-state index in [1.54, 1.807) is 5.38 Å². The van der Waals surface area contributed by atoms with E-state index in [-0.39, 0.29) is 25.5 Å². The van der Waals surface area contributed by atoms with Crippen molar-refractivity contribution in [2.24, 2.45) is 0 Å². The number of nitrogens with zero attached hydrogens (tertiary/aromatic N) is 1. The molecule has 7 heteroatoms. The van der Waals surface area contributed by atoms with Crippen LogP contribution in [0.1, 0.15) is 34.3 Å². The molecule has 1 aromatic heterocycles. The highest BCUT2D eigenvalue weighted by atomic mass is 32.1. The van der Waals surface area contributed by atoms with E-state index < -0.39 is 5.97 Å². The van der Waals surface area contributed by atoms with Crippen molar-refractivity contribution in [3.05, 3.63) is 75.2 Å². The Kier molecular flexibility index (Phi) is 7.78. The van der Waals surface area contributed by atoms with Crippen molar-refractivity contribution in [3.63, 3.8) is 0 Å². The highest BCUT2D eigenvalue weighted by Crippen LogP contribution is 2.19. The van der Waals surface area contributed by atoms with Gasteiger partial charge in [-0.3, -0.25) is 4.79 Å². The minimum Gasteiger partial charge on any atom is -0.482 e. The van der Waals surface area contributed by atoms with Crippen molar-refractivity contribution in [1.29, 1.82) is 0 Å². The summed E-state index contributed by atoms with van der Waals surface area (Å²) >= 11 is 1.37. The van der Waals surface area contributed by atoms with E-state index in [4.69, 9.17) is 9.47 Å². The third-order valence-corrected chi connectivity index (χ3v) is 5.56. The Morgan fingerprint density at radius 2 is 1.94 bits per heavy atom. The molecule has 0 aliphatic heterocycles. The number of amides is 1. The third kappa shape index (κ3) is 6.65. The van der Waals surface area contributed by atoms with Crippen LogP contribution in [0.3, 0.4) is 0 Å². The van der Waals surface area contributed by atoms with E-state index >= 15 is 0 Å². The second-order valence-corrected chi connectivity index (χ2v) is 8.13. The van der Waals surface area contributed by atoms with Gasteiger partial charge in [0.05, 0.1) is 12.1 Å². The Morgan fingerprint density at radius 1 is 1.13 bits per heavy atom. The maximum Gasteiger partial charge on any atom is 0.344 e. The van der Waals surface area contributed by atoms with Crippen LogP contribution in [-0.2, 0) is 33.8 Å². The van der Waals surface area contributed by atoms with Gasteiger partial charge >= 0.3 is 5.97 Å². The normalized spacial score (nSPS) is 10.5. The van der Waals surface area contributed by atoms with Crippen LogP contribution in [-0.4, -0.2) is 23.5 Å². The smallest absolute Gasteiger partial charge is 0.344 e. The average Bonchev–Trinajstić information content (AvgIpc) is 3.20. The summed E-state index contributed by atoms with van der Waals surface area (Å²) in [4.78, 5) is 28.7. The van der Waals surface area contributed by atoms with E-state index in [1.165, 1.54) is 11.3 Å². The van der Waals surface area contributed by atoms with Crippen LogP contribution in [0.5, 0.6) is 5.75 Å². The number of benzene rings is 2. The van der Waals surface area contributed by atoms with Gasteiger partial charge in [0, 0.05) is 11.1 Å². The number of thiazole rings is 1. The summed E-state index contributed by atoms with van der Waals surface area (Å²) in [5, 5.41) is 5.39. The number of para-hydroxylation sites is 1. The molecule has 0 spiro atoms. The molecule has 0 bridgehead atoms. The lowest BCUT2D eigenvalue weighted by atomic mass is 10.1. The van der Waals surface area contributed by atoms with Crippen LogP contribution >= 0.6 is 11.3 Å². The quantitative estimate of drug-likeness (QED) is 0.493. The van der Waals surface area contributed by atoms with Crippen molar-refractivity contribution in [2.75, 3.05) is 11.9 Å². The zero-order chi connectivity index (χ0) is 22.2. The van der Waals surface area contributed by atoms with E-state index in [0.29, 0.717) is 16.5 Å². The Bertz CT molecular complexity index is 1060. The first kappa shape index (κ1) is 22.5. The van der Waals surface area contributed by atoms with E-state index in [1.807, 2.05) is 63.2 Å². The number of nitrogens with one attached hydrogen (secondary N) is 1. The first-order valence-electron chi connectivity index (χ1n) is 10.1. The summed E-state index contributed by atoms with van der Waals surface area (Å²) in [7, 11) is 0. The fourth-order valence-corrected chi connectivity index (χ4v) is 3.75. The largest absolute Gasteiger partial charge is 0.482 e. The summed E-state index contributed by atoms with van der Waals surface area (Å²) in [5.41, 5.74) is 4.55. The van der Waals surface area contributed by atoms with Gasteiger partial charge in [0.1, 0.15) is 17.4 Å². The standard InChI is InChI=1S/C24H26N2O4S/c1-4-18-7-5-6-8-21(18)29-14-24(28)30-13-19-15-31-23(25-19)12-22(27)26-20-11-16(2)9-10-17(20)3/h5-11,15H,4,12-14H2,1-3H3,(H,26,27). The zero-order valence-electron chi connectivity index (χ0n) is 17.9. The molecule has 6 nitrogen and oxygen atoms in total. The number of aromatic nitrogens is 1. The molecule has 1 N–H and O–H groups in total. The van der Waals surface area contributed by atoms with Crippen molar-refractivity contribution < 1.29 is 19.1 Å². The number of ether oxygens (including phenoxy) is 2. The van der Waals surface area contributed by atoms with Gasteiger partial charge < -0.3 is 14.8 Å². The molecular weight excluding hydrogens is 412 g/mol. The molecule has 0 saturated carbocycles. The minimum atomic E-state index is -0.465. The number of aryl methyl sites for hydroxylation is 3. The van der Waals surface area contributed by atoms with E-state index in [9.17, 15) is 9.59 Å². The number of anilines is 1. The molecule has 3 rings (SSSR count). The first-order valence-corrected chi connectivity index (χ1v) is 11.0. The molecule has 0 aliphatic carbocycles. The molecular formula is C24H26N2O4S. The molecule has 0 fully saturated rings. The molecule has 3 aromatic rings. The number of esters is 1. The molecule has 0 aliphatic rings. The summed E-state index contributed by atoms with van der Waals surface area (Å²) in [6.45, 7) is 5.86. The van der Waals surface area contributed by atoms with Crippen LogP contribution in [0.4, 0.5) is 5.69 Å². The fourth-order valence-electron chi connectivity index (χ4n) is 2.97. The summed E-state index contributed by atoms with van der Waals surface area (Å²) in [5.74, 6) is 0.0930. The van der Waals surface area contributed by atoms with Crippen molar-refractivity contribution in [1.82, 2.24) is 4.98 Å². The Morgan fingerprint density at radius 3 is 2.74 bits per heavy atom. The zero-order valence-corrected chi connectivity index (χ0v) is 18.8. The highest BCUT2D eigenvalue weighted by Gasteiger charge is 2.12. The van der Waals surface area contributed by atoms with Crippen LogP contribution in [0.15, 0.2) is 47.8 Å². The number of rotatable bonds is 9. The molecule has 0 unspecified atom stereocenters. The van der Waals surface area contributed by atoms with E-state index in [0.717, 1.165) is 28.8 Å². The molecule has 0 radical (unpaired) electrons. The second-order valence-electron chi connectivity index (χ2n) is 7.19. The lowest BCUT2D eigenvalue weighted by Gasteiger charge is -2.09. The first-order chi connectivity index (χ1) is 14.9. The monoisotopic (exact) mass is 438 g/mol. The maximum absolute atomic E-state index is 12.3. The Labute approximate surface area is 186 Å². The predicted molar refractivity (Wildman–Crippen MR) is 121 cm³/mol. The Balaban J connectivity index is 1.45. The summed E-state index contributed by atoms with van der Waals surface area (Å²) in [6.07, 6.45) is 0.993. The molecule has 0 atom stereocenters. The molecule has 162 valence electrons. The van der Waals surface area contributed by atoms with Gasteiger partial charge in [-0.05, 0) is 49.1 Å². The Hall–Kier alpha value is -3.19. The second kappa shape index (κ2) is 10.7. The van der Waals surface area contributed by atoms with Gasteiger partial charge in [0.15, 0.2) is 6.61 Å². The molecule has 1 amide bonds. The molecule has 2 aromatic carbocycles. The van der Waals surface area contributed by atoms with Gasteiger partial charge in [-0.2, -0.15) is 0 Å². The number of carbonyl (C=O) groups excluding carboxylic acids is 2. The average molecular weight is 439 g/mol. The SMILES string of the molecule is CCc1ccccc1OCC(=O)OCc1csc(CC(=O)Nc2cc(C)ccc2C)n1. The van der Waals surface area contributed by atoms with E-state index in [2.05, 4.69) is 10.3 Å². The molecule has 0 saturated heterocycles. The van der Waals surface area contributed by atoms with Crippen molar-refractivity contribution in [2.45, 2.75) is 40.2 Å². The van der Waals surface area contributed by atoms with Crippen molar-refractivity contribution >= 4 is 28.9 Å². The summed E-state index contributed by atoms with van der Waals surface area (Å²) < 4.78 is 10.8. The number of carbonyl (C=O) groups is 2. The number of hydrogen-bond acceptors (Lipinski definition) is 6. The van der Waals surface area contributed by atoms with Gasteiger partial charge in [-0.1, -0.05) is 37.3 Å². The minimum absolute atomic E-state index is 0.0483. The van der Waals surface area contributed by atoms with Crippen LogP contribution in [0.2, 0.25) is 0 Å². The topological polar surface area (TPSA) is 77.5 Å². The lowest BCUT2D eigenvalue weighted by molar-refractivity contribution is -0.147. The lowest BCUT2D eigenvalue weighted by Crippen LogP contribution is -2.16. The van der Waals surface area contributed by atoms with Gasteiger partial charge in [0.2, 0.25) is 5.91 Å². The van der Waals surface area contributed by atoms with Crippen molar-refractivity contribution in [3.8, 4) is 5.75 Å². The van der Waals surface area contributed by atoms with Crippen LogP contribution in [0, 0.1) is 13.8 Å². The summed E-state index contributed by atoms with van der Waals surface area (Å²) in [6, 6.07) is 13.5. The molecule has 31 heavy (non-hydrogen) atoms. The predicted octanol–water partition coefficient (Wildman–Crippen LogP) is 4.63. The fraction of sp³-hybridized carbons (Fsp3) is 0.292. The maximum atomic E-state index is 12.3. The van der Waals surface area contributed by atoms with Crippen LogP contribution < -0.4 is 10.1 Å². The highest BCUT2D eigenvalue weighted by molar-refractivity contribution is 7.09. The van der Waals surface area contributed by atoms with Gasteiger partial charge in [-0.15, -0.1) is 11.3 Å². The van der Waals surface area contributed by atoms with Gasteiger partial charge in [0.25, 0.3) is 0 Å². The van der Waals surface area contributed by atoms with Gasteiger partial charge in [-0.25, -0.2) is 9.78 Å². The number of hydrogen-bond donors (Lipinski definition) is 1. The van der Waals surface area contributed by atoms with Crippen LogP contribution in [0.25, 0.3) is 0 Å². The third-order valence-electron chi connectivity index (χ3n) is 4.66.